The van der Waals surface area contributed by atoms with Gasteiger partial charge in [0.15, 0.2) is 0 Å². The second-order valence-electron chi connectivity index (χ2n) is 5.27. The zero-order chi connectivity index (χ0) is 14.5. The second kappa shape index (κ2) is 4.79. The van der Waals surface area contributed by atoms with Gasteiger partial charge in [-0.25, -0.2) is 4.39 Å². The van der Waals surface area contributed by atoms with E-state index in [1.54, 1.807) is 11.8 Å². The number of halogens is 1. The lowest BCUT2D eigenvalue weighted by atomic mass is 9.90. The maximum atomic E-state index is 14.2. The quantitative estimate of drug-likeness (QED) is 0.833. The van der Waals surface area contributed by atoms with E-state index in [2.05, 4.69) is 0 Å². The normalized spacial score (nSPS) is 30.9. The molecule has 4 nitrogen and oxygen atoms in total. The Balaban J connectivity index is 2.02. The number of rotatable bonds is 3. The number of anilines is 1. The molecular weight excluding hydrogens is 277 g/mol. The molecule has 3 atom stereocenters. The summed E-state index contributed by atoms with van der Waals surface area (Å²) in [6.07, 6.45) is 0. The maximum Gasteiger partial charge on any atom is 0.150 e. The summed E-state index contributed by atoms with van der Waals surface area (Å²) in [6.45, 7) is 5.97. The minimum atomic E-state index is -0.261. The monoisotopic (exact) mass is 297 g/mol. The van der Waals surface area contributed by atoms with Gasteiger partial charge >= 0.3 is 0 Å². The lowest BCUT2D eigenvalue weighted by Crippen LogP contribution is -2.42. The van der Waals surface area contributed by atoms with Crippen molar-refractivity contribution in [2.24, 2.45) is 11.5 Å². The van der Waals surface area contributed by atoms with Gasteiger partial charge in [-0.3, -0.25) is 0 Å². The molecule has 2 heterocycles. The molecule has 2 aliphatic rings. The standard InChI is InChI=1S/C14H20FN3OS/c1-3-18(4-2)10-5-8-11(6-9(10)15)19-7-14(12(8)16)13(17)20-14/h5-6,12-13H,3-4,7,16-17H2,1-2H3/t12?,13?,14-/m0/s1. The summed E-state index contributed by atoms with van der Waals surface area (Å²) in [5.74, 6) is 0.291. The molecule has 0 bridgehead atoms. The van der Waals surface area contributed by atoms with Crippen LogP contribution in [0, 0.1) is 5.82 Å². The molecule has 1 spiro atoms. The van der Waals surface area contributed by atoms with Gasteiger partial charge in [0.2, 0.25) is 0 Å². The van der Waals surface area contributed by atoms with Crippen LogP contribution in [0.25, 0.3) is 0 Å². The van der Waals surface area contributed by atoms with Gasteiger partial charge in [0.25, 0.3) is 0 Å². The second-order valence-corrected chi connectivity index (χ2v) is 6.78. The molecule has 0 saturated carbocycles. The third-order valence-corrected chi connectivity index (χ3v) is 5.75. The number of hydrogen-bond acceptors (Lipinski definition) is 5. The van der Waals surface area contributed by atoms with Crippen LogP contribution in [-0.4, -0.2) is 29.8 Å². The topological polar surface area (TPSA) is 64.5 Å². The number of hydrogen-bond donors (Lipinski definition) is 2. The summed E-state index contributed by atoms with van der Waals surface area (Å²) in [6, 6.07) is 3.07. The van der Waals surface area contributed by atoms with E-state index >= 15 is 0 Å². The molecule has 110 valence electrons. The summed E-state index contributed by atoms with van der Waals surface area (Å²) in [4.78, 5) is 1.98. The maximum absolute atomic E-state index is 14.2. The van der Waals surface area contributed by atoms with Crippen LogP contribution in [0.1, 0.15) is 25.5 Å². The van der Waals surface area contributed by atoms with E-state index in [4.69, 9.17) is 16.2 Å². The zero-order valence-corrected chi connectivity index (χ0v) is 12.5. The van der Waals surface area contributed by atoms with Crippen molar-refractivity contribution in [2.45, 2.75) is 30.0 Å². The molecule has 0 amide bonds. The highest BCUT2D eigenvalue weighted by molar-refractivity contribution is 8.08. The molecule has 0 radical (unpaired) electrons. The molecule has 2 unspecified atom stereocenters. The van der Waals surface area contributed by atoms with E-state index in [9.17, 15) is 4.39 Å². The van der Waals surface area contributed by atoms with Crippen LogP contribution in [0.2, 0.25) is 0 Å². The SMILES string of the molecule is CCN(CC)c1cc2c(cc1F)OC[C@]1(SC1N)C2N. The van der Waals surface area contributed by atoms with Crippen molar-refractivity contribution in [3.63, 3.8) is 0 Å². The van der Waals surface area contributed by atoms with Crippen molar-refractivity contribution in [3.8, 4) is 5.75 Å². The highest BCUT2D eigenvalue weighted by Crippen LogP contribution is 2.60. The van der Waals surface area contributed by atoms with Gasteiger partial charge < -0.3 is 21.1 Å². The highest BCUT2D eigenvalue weighted by atomic mass is 32.2. The lowest BCUT2D eigenvalue weighted by molar-refractivity contribution is 0.235. The van der Waals surface area contributed by atoms with Crippen LogP contribution in [0.3, 0.4) is 0 Å². The minimum Gasteiger partial charge on any atom is -0.492 e. The molecule has 1 fully saturated rings. The molecular formula is C14H20FN3OS. The summed E-state index contributed by atoms with van der Waals surface area (Å²) in [5, 5.41) is 0.00704. The fraction of sp³-hybridized carbons (Fsp3) is 0.571. The van der Waals surface area contributed by atoms with Crippen LogP contribution in [0.15, 0.2) is 12.1 Å². The van der Waals surface area contributed by atoms with Gasteiger partial charge in [-0.1, -0.05) is 0 Å². The van der Waals surface area contributed by atoms with Crippen LogP contribution in [0.5, 0.6) is 5.75 Å². The first-order valence-electron chi connectivity index (χ1n) is 6.93. The highest BCUT2D eigenvalue weighted by Gasteiger charge is 2.61. The number of benzene rings is 1. The number of thioether (sulfide) groups is 1. The van der Waals surface area contributed by atoms with Gasteiger partial charge in [0.1, 0.15) is 18.2 Å². The van der Waals surface area contributed by atoms with Crippen LogP contribution in [0.4, 0.5) is 10.1 Å². The number of ether oxygens (including phenoxy) is 1. The largest absolute Gasteiger partial charge is 0.492 e. The van der Waals surface area contributed by atoms with Crippen molar-refractivity contribution < 1.29 is 9.13 Å². The smallest absolute Gasteiger partial charge is 0.150 e. The van der Waals surface area contributed by atoms with Gasteiger partial charge in [-0.15, -0.1) is 11.8 Å². The summed E-state index contributed by atoms with van der Waals surface area (Å²) in [7, 11) is 0. The lowest BCUT2D eigenvalue weighted by Gasteiger charge is -2.32. The van der Waals surface area contributed by atoms with Crippen molar-refractivity contribution in [3.05, 3.63) is 23.5 Å². The van der Waals surface area contributed by atoms with E-state index < -0.39 is 0 Å². The van der Waals surface area contributed by atoms with Crippen molar-refractivity contribution in [2.75, 3.05) is 24.6 Å². The third kappa shape index (κ3) is 1.89. The van der Waals surface area contributed by atoms with E-state index in [-0.39, 0.29) is 22.0 Å². The van der Waals surface area contributed by atoms with Crippen molar-refractivity contribution >= 4 is 17.4 Å². The fourth-order valence-electron chi connectivity index (χ4n) is 2.85. The predicted molar refractivity (Wildman–Crippen MR) is 80.7 cm³/mol. The van der Waals surface area contributed by atoms with Gasteiger partial charge in [0.05, 0.1) is 21.9 Å². The molecule has 1 aromatic rings. The molecule has 3 rings (SSSR count). The Morgan fingerprint density at radius 3 is 2.60 bits per heavy atom. The van der Waals surface area contributed by atoms with Gasteiger partial charge in [-0.2, -0.15) is 0 Å². The Labute approximate surface area is 122 Å². The van der Waals surface area contributed by atoms with Crippen molar-refractivity contribution in [1.82, 2.24) is 0 Å². The molecule has 20 heavy (non-hydrogen) atoms. The molecule has 2 aliphatic heterocycles. The number of nitrogens with two attached hydrogens (primary N) is 2. The molecule has 0 aliphatic carbocycles. The molecule has 6 heteroatoms. The van der Waals surface area contributed by atoms with E-state index in [0.29, 0.717) is 18.0 Å². The summed E-state index contributed by atoms with van der Waals surface area (Å²) in [5.41, 5.74) is 13.8. The molecule has 1 aromatic carbocycles. The Morgan fingerprint density at radius 2 is 2.05 bits per heavy atom. The average molecular weight is 297 g/mol. The van der Waals surface area contributed by atoms with Gasteiger partial charge in [-0.05, 0) is 19.9 Å². The summed E-state index contributed by atoms with van der Waals surface area (Å²) >= 11 is 1.64. The van der Waals surface area contributed by atoms with Crippen molar-refractivity contribution in [1.29, 1.82) is 0 Å². The number of nitrogens with zero attached hydrogens (tertiary/aromatic N) is 1. The average Bonchev–Trinajstić information content (AvgIpc) is 3.09. The number of fused-ring (bicyclic) bond motifs is 1. The molecule has 4 N–H and O–H groups in total. The van der Waals surface area contributed by atoms with Crippen LogP contribution in [-0.2, 0) is 0 Å². The van der Waals surface area contributed by atoms with Gasteiger partial charge in [0, 0.05) is 24.7 Å². The predicted octanol–water partition coefficient (Wildman–Crippen LogP) is 1.83. The molecule has 0 aromatic heterocycles. The van der Waals surface area contributed by atoms with Crippen LogP contribution < -0.4 is 21.1 Å². The van der Waals surface area contributed by atoms with E-state index in [1.165, 1.54) is 6.07 Å². The Bertz CT molecular complexity index is 537. The zero-order valence-electron chi connectivity index (χ0n) is 11.7. The summed E-state index contributed by atoms with van der Waals surface area (Å²) < 4.78 is 19.7. The Morgan fingerprint density at radius 1 is 1.40 bits per heavy atom. The first-order chi connectivity index (χ1) is 9.53. The molecule has 1 saturated heterocycles. The Kier molecular flexibility index (Phi) is 3.35. The van der Waals surface area contributed by atoms with Crippen LogP contribution >= 0.6 is 11.8 Å². The fourth-order valence-corrected chi connectivity index (χ4v) is 3.87. The third-order valence-electron chi connectivity index (χ3n) is 4.27. The van der Waals surface area contributed by atoms with E-state index in [1.807, 2.05) is 24.8 Å². The van der Waals surface area contributed by atoms with E-state index in [0.717, 1.165) is 18.7 Å². The first-order valence-corrected chi connectivity index (χ1v) is 7.81. The Hall–Kier alpha value is -0.980. The first kappa shape index (κ1) is 14.0. The minimum absolute atomic E-state index is 0.00704.